The third-order valence-electron chi connectivity index (χ3n) is 12.8. The Labute approximate surface area is 339 Å². The fourth-order valence-corrected chi connectivity index (χ4v) is 9.59. The Hall–Kier alpha value is -5.65. The normalized spacial score (nSPS) is 22.5. The minimum atomic E-state index is -0.672. The van der Waals surface area contributed by atoms with E-state index in [1.165, 1.54) is 7.11 Å². The zero-order valence-corrected chi connectivity index (χ0v) is 34.2. The molecule has 2 aromatic heterocycles. The second kappa shape index (κ2) is 14.3. The van der Waals surface area contributed by atoms with E-state index in [4.69, 9.17) is 19.4 Å². The zero-order valence-electron chi connectivity index (χ0n) is 34.2. The molecule has 5 unspecified atom stereocenters. The molecule has 2 aliphatic heterocycles. The Kier molecular flexibility index (Phi) is 9.36. The molecule has 2 bridgehead atoms. The summed E-state index contributed by atoms with van der Waals surface area (Å²) < 4.78 is 10.6. The molecule has 2 saturated heterocycles. The number of hydrogen-bond donors (Lipinski definition) is 3. The first-order valence-electron chi connectivity index (χ1n) is 20.7. The fourth-order valence-electron chi connectivity index (χ4n) is 9.59. The molecular weight excluding hydrogens is 731 g/mol. The summed E-state index contributed by atoms with van der Waals surface area (Å²) in [6.07, 6.45) is 9.01. The van der Waals surface area contributed by atoms with Crippen molar-refractivity contribution in [1.29, 1.82) is 0 Å². The summed E-state index contributed by atoms with van der Waals surface area (Å²) in [7, 11) is 1.31. The smallest absolute Gasteiger partial charge is 0.410 e. The number of fused-ring (bicyclic) bond motifs is 3. The number of aromatic amines is 2. The fraction of sp³-hybridized carbons (Fsp3) is 0.457. The molecule has 12 heteroatoms. The lowest BCUT2D eigenvalue weighted by atomic mass is 9.95. The van der Waals surface area contributed by atoms with Gasteiger partial charge in [0.15, 0.2) is 0 Å². The molecular formula is C46H53N7O5. The largest absolute Gasteiger partial charge is 0.453 e. The Morgan fingerprint density at radius 3 is 2.14 bits per heavy atom. The highest BCUT2D eigenvalue weighted by atomic mass is 16.6. The summed E-state index contributed by atoms with van der Waals surface area (Å²) in [5.74, 6) is 1.74. The van der Waals surface area contributed by atoms with Crippen LogP contribution in [0.3, 0.4) is 0 Å². The average molecular weight is 784 g/mol. The van der Waals surface area contributed by atoms with Crippen LogP contribution < -0.4 is 5.32 Å². The van der Waals surface area contributed by atoms with E-state index in [1.54, 1.807) is 0 Å². The lowest BCUT2D eigenvalue weighted by molar-refractivity contribution is -0.139. The quantitative estimate of drug-likeness (QED) is 0.142. The predicted molar refractivity (Wildman–Crippen MR) is 221 cm³/mol. The van der Waals surface area contributed by atoms with Crippen LogP contribution in [0.1, 0.15) is 96.9 Å². The van der Waals surface area contributed by atoms with Crippen molar-refractivity contribution in [1.82, 2.24) is 35.1 Å². The molecule has 0 radical (unpaired) electrons. The van der Waals surface area contributed by atoms with Gasteiger partial charge in [0.05, 0.1) is 43.0 Å². The molecule has 5 atom stereocenters. The number of likely N-dealkylation sites (tertiary alicyclic amines) is 2. The highest BCUT2D eigenvalue weighted by molar-refractivity contribution is 5.91. The molecule has 2 aliphatic carbocycles. The SMILES string of the molecule is COC(=O)NC(C(=O)N1C2CCC(C2)C1c1ncc(-c2ccc(-c3ccc4cc(-c5cnc(C6CC7(CC7)CN6C(=O)OC(C)(C)C)[nH]5)ccc4c3)cc2)[nH]1)C(C)C. The van der Waals surface area contributed by atoms with Crippen molar-refractivity contribution in [2.75, 3.05) is 13.7 Å². The highest BCUT2D eigenvalue weighted by Gasteiger charge is 2.55. The molecule has 1 spiro atoms. The molecule has 58 heavy (non-hydrogen) atoms. The maximum atomic E-state index is 13.9. The highest BCUT2D eigenvalue weighted by Crippen LogP contribution is 2.58. The van der Waals surface area contributed by atoms with Gasteiger partial charge in [-0.15, -0.1) is 0 Å². The van der Waals surface area contributed by atoms with E-state index in [2.05, 4.69) is 75.9 Å². The number of carbonyl (C=O) groups excluding carboxylic acids is 3. The van der Waals surface area contributed by atoms with Gasteiger partial charge in [-0.1, -0.05) is 62.4 Å². The number of carbonyl (C=O) groups is 3. The van der Waals surface area contributed by atoms with Crippen molar-refractivity contribution in [3.05, 3.63) is 84.7 Å². The van der Waals surface area contributed by atoms with Gasteiger partial charge in [0.2, 0.25) is 5.91 Å². The maximum absolute atomic E-state index is 13.9. The third kappa shape index (κ3) is 7.11. The number of aromatic nitrogens is 4. The van der Waals surface area contributed by atoms with Crippen LogP contribution in [-0.4, -0.2) is 79.2 Å². The van der Waals surface area contributed by atoms with Crippen LogP contribution in [0.15, 0.2) is 73.1 Å². The molecule has 3 amide bonds. The maximum Gasteiger partial charge on any atom is 0.410 e. The number of amides is 3. The third-order valence-corrected chi connectivity index (χ3v) is 12.8. The zero-order chi connectivity index (χ0) is 40.5. The second-order valence-corrected chi connectivity index (χ2v) is 18.3. The van der Waals surface area contributed by atoms with Crippen molar-refractivity contribution in [2.24, 2.45) is 17.3 Å². The predicted octanol–water partition coefficient (Wildman–Crippen LogP) is 9.18. The van der Waals surface area contributed by atoms with Crippen LogP contribution in [0.5, 0.6) is 0 Å². The number of piperidine rings is 1. The molecule has 4 heterocycles. The molecule has 9 rings (SSSR count). The van der Waals surface area contributed by atoms with Crippen molar-refractivity contribution in [2.45, 2.75) is 103 Å². The number of methoxy groups -OCH3 is 1. The van der Waals surface area contributed by atoms with E-state index in [1.807, 2.05) is 56.8 Å². The summed E-state index contributed by atoms with van der Waals surface area (Å²) in [5, 5.41) is 5.03. The minimum Gasteiger partial charge on any atom is -0.453 e. The van der Waals surface area contributed by atoms with E-state index in [0.717, 1.165) is 101 Å². The van der Waals surface area contributed by atoms with Crippen molar-refractivity contribution in [3.63, 3.8) is 0 Å². The van der Waals surface area contributed by atoms with Crippen LogP contribution in [0.4, 0.5) is 9.59 Å². The lowest BCUT2D eigenvalue weighted by Crippen LogP contribution is -2.54. The number of rotatable bonds is 8. The van der Waals surface area contributed by atoms with Crippen LogP contribution in [-0.2, 0) is 14.3 Å². The second-order valence-electron chi connectivity index (χ2n) is 18.3. The standard InChI is InChI=1S/C46H53N7O5/c1-26(2)38(51-43(55)57-6)42(54)53-34-16-15-33(21-34)39(53)41-48-23-35(50-41)28-9-7-27(8-10-28)29-11-12-31-20-32(14-13-30(31)19-29)36-24-47-40(49-36)37-22-46(17-18-46)25-52(37)44(56)58-45(3,4)5/h7-14,19-20,23-24,26,33-34,37-39H,15-18,21-22,25H2,1-6H3,(H,47,49)(H,48,50)(H,51,55). The Morgan fingerprint density at radius 1 is 0.845 bits per heavy atom. The number of benzene rings is 3. The lowest BCUT2D eigenvalue weighted by Gasteiger charge is -2.37. The first kappa shape index (κ1) is 37.9. The van der Waals surface area contributed by atoms with E-state index >= 15 is 0 Å². The molecule has 12 nitrogen and oxygen atoms in total. The van der Waals surface area contributed by atoms with E-state index in [9.17, 15) is 14.4 Å². The van der Waals surface area contributed by atoms with Gasteiger partial charge in [-0.25, -0.2) is 19.6 Å². The van der Waals surface area contributed by atoms with Crippen molar-refractivity contribution < 1.29 is 23.9 Å². The summed E-state index contributed by atoms with van der Waals surface area (Å²) >= 11 is 0. The molecule has 3 N–H and O–H groups in total. The van der Waals surface area contributed by atoms with Gasteiger partial charge in [0.25, 0.3) is 0 Å². The summed E-state index contributed by atoms with van der Waals surface area (Å²) in [5.41, 5.74) is 5.75. The van der Waals surface area contributed by atoms with Gasteiger partial charge >= 0.3 is 12.2 Å². The molecule has 4 fully saturated rings. The Morgan fingerprint density at radius 2 is 1.47 bits per heavy atom. The summed E-state index contributed by atoms with van der Waals surface area (Å²) in [6.45, 7) is 10.3. The Balaban J connectivity index is 0.896. The molecule has 302 valence electrons. The number of nitrogens with zero attached hydrogens (tertiary/aromatic N) is 4. The van der Waals surface area contributed by atoms with E-state index in [0.29, 0.717) is 5.92 Å². The van der Waals surface area contributed by atoms with E-state index < -0.39 is 17.7 Å². The van der Waals surface area contributed by atoms with Crippen molar-refractivity contribution in [3.8, 4) is 33.6 Å². The molecule has 5 aromatic rings. The number of imidazole rings is 2. The Bertz CT molecular complexity index is 2370. The van der Waals surface area contributed by atoms with Gasteiger partial charge in [0.1, 0.15) is 23.3 Å². The van der Waals surface area contributed by atoms with Crippen LogP contribution >= 0.6 is 0 Å². The van der Waals surface area contributed by atoms with Gasteiger partial charge in [-0.2, -0.15) is 0 Å². The summed E-state index contributed by atoms with van der Waals surface area (Å²) in [6, 6.07) is 20.6. The molecule has 2 saturated carbocycles. The number of hydrogen-bond acceptors (Lipinski definition) is 7. The number of nitrogens with one attached hydrogen (secondary N) is 3. The van der Waals surface area contributed by atoms with Gasteiger partial charge in [-0.05, 0) is 116 Å². The minimum absolute atomic E-state index is 0.0827. The monoisotopic (exact) mass is 783 g/mol. The number of H-pyrrole nitrogens is 2. The average Bonchev–Trinajstić information content (AvgIpc) is 3.83. The first-order chi connectivity index (χ1) is 27.8. The topological polar surface area (TPSA) is 146 Å². The first-order valence-corrected chi connectivity index (χ1v) is 20.7. The summed E-state index contributed by atoms with van der Waals surface area (Å²) in [4.78, 5) is 59.8. The number of alkyl carbamates (subject to hydrolysis) is 1. The van der Waals surface area contributed by atoms with Crippen LogP contribution in [0.25, 0.3) is 44.4 Å². The number of ether oxygens (including phenoxy) is 2. The molecule has 4 aliphatic rings. The van der Waals surface area contributed by atoms with Crippen LogP contribution in [0, 0.1) is 17.3 Å². The van der Waals surface area contributed by atoms with Gasteiger partial charge < -0.3 is 29.7 Å². The van der Waals surface area contributed by atoms with E-state index in [-0.39, 0.29) is 41.5 Å². The van der Waals surface area contributed by atoms with Gasteiger partial charge in [-0.3, -0.25) is 9.69 Å². The molecule has 3 aromatic carbocycles. The van der Waals surface area contributed by atoms with Gasteiger partial charge in [0, 0.05) is 18.2 Å². The van der Waals surface area contributed by atoms with Crippen LogP contribution in [0.2, 0.25) is 0 Å². The van der Waals surface area contributed by atoms with Crippen molar-refractivity contribution >= 4 is 28.9 Å².